The SMILES string of the molecule is O=C(O)c1nn(C2CCCCC2)c2c1CCCCC2. The van der Waals surface area contributed by atoms with E-state index in [1.165, 1.54) is 37.8 Å². The number of carbonyl (C=O) groups is 1. The van der Waals surface area contributed by atoms with Crippen molar-refractivity contribution >= 4 is 5.97 Å². The quantitative estimate of drug-likeness (QED) is 0.831. The highest BCUT2D eigenvalue weighted by atomic mass is 16.4. The fraction of sp³-hybridized carbons (Fsp3) is 0.733. The molecule has 1 saturated carbocycles. The molecule has 0 atom stereocenters. The van der Waals surface area contributed by atoms with Crippen LogP contribution in [0.2, 0.25) is 0 Å². The lowest BCUT2D eigenvalue weighted by Gasteiger charge is -2.24. The van der Waals surface area contributed by atoms with Gasteiger partial charge >= 0.3 is 5.97 Å². The summed E-state index contributed by atoms with van der Waals surface area (Å²) in [6.45, 7) is 0. The Balaban J connectivity index is 2.00. The molecule has 2 aliphatic rings. The monoisotopic (exact) mass is 262 g/mol. The van der Waals surface area contributed by atoms with Crippen LogP contribution in [-0.2, 0) is 12.8 Å². The minimum absolute atomic E-state index is 0.322. The summed E-state index contributed by atoms with van der Waals surface area (Å²) in [6.07, 6.45) is 11.5. The van der Waals surface area contributed by atoms with Gasteiger partial charge in [0, 0.05) is 11.3 Å². The zero-order valence-corrected chi connectivity index (χ0v) is 11.4. The van der Waals surface area contributed by atoms with Crippen molar-refractivity contribution in [1.82, 2.24) is 9.78 Å². The molecule has 3 rings (SSSR count). The summed E-state index contributed by atoms with van der Waals surface area (Å²) in [5, 5.41) is 13.8. The number of hydrogen-bond acceptors (Lipinski definition) is 2. The Hall–Kier alpha value is -1.32. The molecule has 0 spiro atoms. The van der Waals surface area contributed by atoms with E-state index in [4.69, 9.17) is 0 Å². The van der Waals surface area contributed by atoms with Gasteiger partial charge in [0.05, 0.1) is 6.04 Å². The first-order chi connectivity index (χ1) is 9.27. The van der Waals surface area contributed by atoms with Crippen LogP contribution in [-0.4, -0.2) is 20.9 Å². The molecular formula is C15H22N2O2. The summed E-state index contributed by atoms with van der Waals surface area (Å²) in [5.41, 5.74) is 2.57. The van der Waals surface area contributed by atoms with Crippen LogP contribution in [0, 0.1) is 0 Å². The number of fused-ring (bicyclic) bond motifs is 1. The predicted octanol–water partition coefficient (Wildman–Crippen LogP) is 3.36. The lowest BCUT2D eigenvalue weighted by Crippen LogP contribution is -2.17. The predicted molar refractivity (Wildman–Crippen MR) is 72.6 cm³/mol. The highest BCUT2D eigenvalue weighted by molar-refractivity contribution is 5.87. The summed E-state index contributed by atoms with van der Waals surface area (Å²) in [6, 6.07) is 0.439. The average molecular weight is 262 g/mol. The Morgan fingerprint density at radius 2 is 1.74 bits per heavy atom. The van der Waals surface area contributed by atoms with Crippen LogP contribution < -0.4 is 0 Å². The van der Waals surface area contributed by atoms with E-state index in [9.17, 15) is 9.90 Å². The van der Waals surface area contributed by atoms with Crippen LogP contribution >= 0.6 is 0 Å². The molecule has 0 amide bonds. The van der Waals surface area contributed by atoms with Crippen molar-refractivity contribution in [3.63, 3.8) is 0 Å². The molecule has 1 N–H and O–H groups in total. The summed E-state index contributed by atoms with van der Waals surface area (Å²) >= 11 is 0. The van der Waals surface area contributed by atoms with Crippen LogP contribution in [0.5, 0.6) is 0 Å². The second kappa shape index (κ2) is 5.35. The third kappa shape index (κ3) is 2.40. The Morgan fingerprint density at radius 1 is 1.05 bits per heavy atom. The van der Waals surface area contributed by atoms with Crippen LogP contribution in [0.15, 0.2) is 0 Å². The van der Waals surface area contributed by atoms with E-state index in [-0.39, 0.29) is 0 Å². The second-order valence-corrected chi connectivity index (χ2v) is 5.88. The molecule has 4 heteroatoms. The smallest absolute Gasteiger partial charge is 0.356 e. The molecule has 1 heterocycles. The van der Waals surface area contributed by atoms with Gasteiger partial charge in [-0.3, -0.25) is 4.68 Å². The molecular weight excluding hydrogens is 240 g/mol. The largest absolute Gasteiger partial charge is 0.476 e. The van der Waals surface area contributed by atoms with Crippen molar-refractivity contribution in [3.8, 4) is 0 Å². The van der Waals surface area contributed by atoms with Gasteiger partial charge in [-0.05, 0) is 38.5 Å². The van der Waals surface area contributed by atoms with Crippen molar-refractivity contribution in [2.45, 2.75) is 70.3 Å². The van der Waals surface area contributed by atoms with Crippen LogP contribution in [0.25, 0.3) is 0 Å². The lowest BCUT2D eigenvalue weighted by atomic mass is 9.95. The molecule has 0 aromatic carbocycles. The van der Waals surface area contributed by atoms with Crippen LogP contribution in [0.1, 0.15) is 79.2 Å². The molecule has 0 radical (unpaired) electrons. The molecule has 0 unspecified atom stereocenters. The average Bonchev–Trinajstić information content (AvgIpc) is 2.62. The van der Waals surface area contributed by atoms with Gasteiger partial charge in [0.2, 0.25) is 0 Å². The summed E-state index contributed by atoms with van der Waals surface area (Å²) in [7, 11) is 0. The van der Waals surface area contributed by atoms with Crippen molar-refractivity contribution < 1.29 is 9.90 Å². The number of carboxylic acids is 1. The van der Waals surface area contributed by atoms with Gasteiger partial charge < -0.3 is 5.11 Å². The standard InChI is InChI=1S/C15H22N2O2/c18-15(19)14-12-9-5-2-6-10-13(12)17(16-14)11-7-3-1-4-8-11/h11H,1-10H2,(H,18,19). The molecule has 104 valence electrons. The third-order valence-electron chi connectivity index (χ3n) is 4.58. The number of nitrogens with zero attached hydrogens (tertiary/aromatic N) is 2. The van der Waals surface area contributed by atoms with Gasteiger partial charge in [0.1, 0.15) is 0 Å². The zero-order chi connectivity index (χ0) is 13.2. The van der Waals surface area contributed by atoms with Gasteiger partial charge in [-0.15, -0.1) is 0 Å². The van der Waals surface area contributed by atoms with Gasteiger partial charge in [0.15, 0.2) is 5.69 Å². The number of carboxylic acid groups (broad SMARTS) is 1. The summed E-state index contributed by atoms with van der Waals surface area (Å²) < 4.78 is 2.09. The normalized spacial score (nSPS) is 20.8. The van der Waals surface area contributed by atoms with E-state index in [2.05, 4.69) is 9.78 Å². The van der Waals surface area contributed by atoms with Crippen molar-refractivity contribution in [3.05, 3.63) is 17.0 Å². The van der Waals surface area contributed by atoms with Gasteiger partial charge in [-0.2, -0.15) is 5.10 Å². The van der Waals surface area contributed by atoms with E-state index in [0.29, 0.717) is 11.7 Å². The molecule has 2 aliphatic carbocycles. The van der Waals surface area contributed by atoms with E-state index in [1.807, 2.05) is 0 Å². The summed E-state index contributed by atoms with van der Waals surface area (Å²) in [4.78, 5) is 11.4. The van der Waals surface area contributed by atoms with Crippen LogP contribution in [0.4, 0.5) is 0 Å². The lowest BCUT2D eigenvalue weighted by molar-refractivity contribution is 0.0687. The van der Waals surface area contributed by atoms with E-state index in [1.54, 1.807) is 0 Å². The van der Waals surface area contributed by atoms with E-state index in [0.717, 1.165) is 37.7 Å². The third-order valence-corrected chi connectivity index (χ3v) is 4.58. The summed E-state index contributed by atoms with van der Waals surface area (Å²) in [5.74, 6) is -0.854. The van der Waals surface area contributed by atoms with E-state index < -0.39 is 5.97 Å². The molecule has 1 fully saturated rings. The van der Waals surface area contributed by atoms with Gasteiger partial charge in [0.25, 0.3) is 0 Å². The minimum atomic E-state index is -0.854. The van der Waals surface area contributed by atoms with E-state index >= 15 is 0 Å². The Morgan fingerprint density at radius 3 is 2.47 bits per heavy atom. The number of aromatic carboxylic acids is 1. The fourth-order valence-corrected chi connectivity index (χ4v) is 3.60. The van der Waals surface area contributed by atoms with Gasteiger partial charge in [-0.25, -0.2) is 4.79 Å². The van der Waals surface area contributed by atoms with Crippen molar-refractivity contribution in [1.29, 1.82) is 0 Å². The maximum atomic E-state index is 11.4. The highest BCUT2D eigenvalue weighted by Gasteiger charge is 2.27. The second-order valence-electron chi connectivity index (χ2n) is 5.88. The topological polar surface area (TPSA) is 55.1 Å². The molecule has 0 bridgehead atoms. The zero-order valence-electron chi connectivity index (χ0n) is 11.4. The highest BCUT2D eigenvalue weighted by Crippen LogP contribution is 2.32. The van der Waals surface area contributed by atoms with Crippen molar-refractivity contribution in [2.24, 2.45) is 0 Å². The Bertz CT molecular complexity index is 473. The first-order valence-corrected chi connectivity index (χ1v) is 7.61. The van der Waals surface area contributed by atoms with Crippen LogP contribution in [0.3, 0.4) is 0 Å². The molecule has 19 heavy (non-hydrogen) atoms. The minimum Gasteiger partial charge on any atom is -0.476 e. The maximum Gasteiger partial charge on any atom is 0.356 e. The molecule has 1 aromatic rings. The Kier molecular flexibility index (Phi) is 3.58. The van der Waals surface area contributed by atoms with Gasteiger partial charge in [-0.1, -0.05) is 25.7 Å². The first kappa shape index (κ1) is 12.7. The fourth-order valence-electron chi connectivity index (χ4n) is 3.60. The van der Waals surface area contributed by atoms with Crippen molar-refractivity contribution in [2.75, 3.05) is 0 Å². The molecule has 4 nitrogen and oxygen atoms in total. The molecule has 0 aliphatic heterocycles. The molecule has 0 saturated heterocycles. The maximum absolute atomic E-state index is 11.4. The number of hydrogen-bond donors (Lipinski definition) is 1. The first-order valence-electron chi connectivity index (χ1n) is 7.61. The molecule has 1 aromatic heterocycles. The number of aromatic nitrogens is 2. The Labute approximate surface area is 113 Å². The number of rotatable bonds is 2.